The smallest absolute Gasteiger partial charge is 0.216 e. The maximum absolute atomic E-state index is 10.6. The predicted octanol–water partition coefficient (Wildman–Crippen LogP) is 1.29. The average Bonchev–Trinajstić information content (AvgIpc) is 2.05. The van der Waals surface area contributed by atoms with Crippen molar-refractivity contribution in [1.29, 1.82) is 0 Å². The second-order valence-corrected chi connectivity index (χ2v) is 4.37. The van der Waals surface area contributed by atoms with Crippen LogP contribution in [0.3, 0.4) is 0 Å². The van der Waals surface area contributed by atoms with Crippen molar-refractivity contribution in [2.45, 2.75) is 45.6 Å². The summed E-state index contributed by atoms with van der Waals surface area (Å²) in [7, 11) is 0. The summed E-state index contributed by atoms with van der Waals surface area (Å²) in [6, 6.07) is 0.592. The molecule has 82 valence electrons. The van der Waals surface area contributed by atoms with Crippen molar-refractivity contribution in [3.63, 3.8) is 0 Å². The summed E-state index contributed by atoms with van der Waals surface area (Å²) in [6.45, 7) is 5.40. The van der Waals surface area contributed by atoms with Gasteiger partial charge in [0.15, 0.2) is 0 Å². The lowest BCUT2D eigenvalue weighted by molar-refractivity contribution is -0.118. The van der Waals surface area contributed by atoms with E-state index in [1.807, 2.05) is 0 Å². The second-order valence-electron chi connectivity index (χ2n) is 4.37. The first kappa shape index (κ1) is 11.5. The molecule has 0 saturated heterocycles. The Morgan fingerprint density at radius 3 is 2.64 bits per heavy atom. The SMILES string of the molecule is CC(=O)NCCNC(C)CC1CCC1. The molecule has 0 spiro atoms. The molecule has 3 heteroatoms. The van der Waals surface area contributed by atoms with Crippen molar-refractivity contribution < 1.29 is 4.79 Å². The van der Waals surface area contributed by atoms with Crippen molar-refractivity contribution in [2.24, 2.45) is 5.92 Å². The highest BCUT2D eigenvalue weighted by atomic mass is 16.1. The summed E-state index contributed by atoms with van der Waals surface area (Å²) < 4.78 is 0. The summed E-state index contributed by atoms with van der Waals surface area (Å²) in [5.74, 6) is 1.01. The van der Waals surface area contributed by atoms with Gasteiger partial charge in [-0.05, 0) is 19.3 Å². The standard InChI is InChI=1S/C11H22N2O/c1-9(8-11-4-3-5-11)12-6-7-13-10(2)14/h9,11-12H,3-8H2,1-2H3,(H,13,14). The van der Waals surface area contributed by atoms with Gasteiger partial charge < -0.3 is 10.6 Å². The average molecular weight is 198 g/mol. The molecular weight excluding hydrogens is 176 g/mol. The zero-order valence-corrected chi connectivity index (χ0v) is 9.31. The first-order valence-corrected chi connectivity index (χ1v) is 5.66. The van der Waals surface area contributed by atoms with Gasteiger partial charge in [-0.15, -0.1) is 0 Å². The fraction of sp³-hybridized carbons (Fsp3) is 0.909. The monoisotopic (exact) mass is 198 g/mol. The van der Waals surface area contributed by atoms with Gasteiger partial charge in [-0.1, -0.05) is 19.3 Å². The number of nitrogens with one attached hydrogen (secondary N) is 2. The van der Waals surface area contributed by atoms with Crippen LogP contribution < -0.4 is 10.6 Å². The van der Waals surface area contributed by atoms with Crippen molar-refractivity contribution >= 4 is 5.91 Å². The van der Waals surface area contributed by atoms with Crippen molar-refractivity contribution in [3.05, 3.63) is 0 Å². The lowest BCUT2D eigenvalue weighted by Crippen LogP contribution is -2.36. The maximum Gasteiger partial charge on any atom is 0.216 e. The third kappa shape index (κ3) is 4.61. The van der Waals surface area contributed by atoms with Gasteiger partial charge in [0.1, 0.15) is 0 Å². The Hall–Kier alpha value is -0.570. The third-order valence-corrected chi connectivity index (χ3v) is 2.90. The van der Waals surface area contributed by atoms with Crippen LogP contribution in [-0.2, 0) is 4.79 Å². The Balaban J connectivity index is 1.91. The van der Waals surface area contributed by atoms with E-state index in [1.165, 1.54) is 25.7 Å². The number of rotatable bonds is 6. The summed E-state index contributed by atoms with van der Waals surface area (Å²) in [4.78, 5) is 10.6. The second kappa shape index (κ2) is 6.02. The van der Waals surface area contributed by atoms with E-state index >= 15 is 0 Å². The van der Waals surface area contributed by atoms with Gasteiger partial charge in [-0.2, -0.15) is 0 Å². The lowest BCUT2D eigenvalue weighted by atomic mass is 9.81. The minimum atomic E-state index is 0.0541. The van der Waals surface area contributed by atoms with E-state index in [4.69, 9.17) is 0 Å². The van der Waals surface area contributed by atoms with Gasteiger partial charge in [0.05, 0.1) is 0 Å². The van der Waals surface area contributed by atoms with Gasteiger partial charge in [-0.25, -0.2) is 0 Å². The number of hydrogen-bond donors (Lipinski definition) is 2. The summed E-state index contributed by atoms with van der Waals surface area (Å²) in [6.07, 6.45) is 5.54. The molecule has 2 N–H and O–H groups in total. The topological polar surface area (TPSA) is 41.1 Å². The molecule has 3 nitrogen and oxygen atoms in total. The summed E-state index contributed by atoms with van der Waals surface area (Å²) >= 11 is 0. The van der Waals surface area contributed by atoms with Gasteiger partial charge in [-0.3, -0.25) is 4.79 Å². The molecule has 0 bridgehead atoms. The zero-order valence-electron chi connectivity index (χ0n) is 9.31. The molecule has 0 heterocycles. The van der Waals surface area contributed by atoms with Gasteiger partial charge in [0.2, 0.25) is 5.91 Å². The normalized spacial score (nSPS) is 18.7. The van der Waals surface area contributed by atoms with Crippen molar-refractivity contribution in [1.82, 2.24) is 10.6 Å². The molecule has 1 rings (SSSR count). The molecule has 1 saturated carbocycles. The highest BCUT2D eigenvalue weighted by Gasteiger charge is 2.19. The Bertz CT molecular complexity index is 178. The van der Waals surface area contributed by atoms with Crippen molar-refractivity contribution in [3.8, 4) is 0 Å². The molecule has 1 aliphatic rings. The molecular formula is C11H22N2O. The first-order chi connectivity index (χ1) is 6.68. The molecule has 1 fully saturated rings. The van der Waals surface area contributed by atoms with Crippen LogP contribution in [-0.4, -0.2) is 25.0 Å². The van der Waals surface area contributed by atoms with E-state index < -0.39 is 0 Å². The Kier molecular flexibility index (Phi) is 4.94. The van der Waals surface area contributed by atoms with E-state index in [0.29, 0.717) is 6.04 Å². The quantitative estimate of drug-likeness (QED) is 0.631. The fourth-order valence-electron chi connectivity index (χ4n) is 1.87. The van der Waals surface area contributed by atoms with Crippen LogP contribution in [0.25, 0.3) is 0 Å². The number of carbonyl (C=O) groups is 1. The van der Waals surface area contributed by atoms with E-state index in [-0.39, 0.29) is 5.91 Å². The largest absolute Gasteiger partial charge is 0.355 e. The van der Waals surface area contributed by atoms with E-state index in [2.05, 4.69) is 17.6 Å². The molecule has 0 aromatic rings. The first-order valence-electron chi connectivity index (χ1n) is 5.66. The number of amides is 1. The predicted molar refractivity (Wildman–Crippen MR) is 58.1 cm³/mol. The van der Waals surface area contributed by atoms with Crippen LogP contribution in [0, 0.1) is 5.92 Å². The van der Waals surface area contributed by atoms with Gasteiger partial charge in [0.25, 0.3) is 0 Å². The minimum Gasteiger partial charge on any atom is -0.355 e. The van der Waals surface area contributed by atoms with Crippen molar-refractivity contribution in [2.75, 3.05) is 13.1 Å². The molecule has 1 atom stereocenters. The Labute approximate surface area is 86.6 Å². The van der Waals surface area contributed by atoms with Crippen LogP contribution in [0.2, 0.25) is 0 Å². The molecule has 1 unspecified atom stereocenters. The van der Waals surface area contributed by atoms with E-state index in [0.717, 1.165) is 19.0 Å². The number of hydrogen-bond acceptors (Lipinski definition) is 2. The van der Waals surface area contributed by atoms with Gasteiger partial charge in [0, 0.05) is 26.1 Å². The lowest BCUT2D eigenvalue weighted by Gasteiger charge is -2.28. The Morgan fingerprint density at radius 1 is 1.43 bits per heavy atom. The molecule has 1 amide bonds. The Morgan fingerprint density at radius 2 is 2.14 bits per heavy atom. The van der Waals surface area contributed by atoms with Crippen LogP contribution in [0.4, 0.5) is 0 Å². The molecule has 0 aromatic heterocycles. The minimum absolute atomic E-state index is 0.0541. The van der Waals surface area contributed by atoms with Gasteiger partial charge >= 0.3 is 0 Å². The summed E-state index contributed by atoms with van der Waals surface area (Å²) in [5, 5.41) is 6.20. The number of carbonyl (C=O) groups excluding carboxylic acids is 1. The van der Waals surface area contributed by atoms with E-state index in [1.54, 1.807) is 6.92 Å². The highest BCUT2D eigenvalue weighted by molar-refractivity contribution is 5.72. The zero-order chi connectivity index (χ0) is 10.4. The highest BCUT2D eigenvalue weighted by Crippen LogP contribution is 2.30. The summed E-state index contributed by atoms with van der Waals surface area (Å²) in [5.41, 5.74) is 0. The third-order valence-electron chi connectivity index (χ3n) is 2.90. The molecule has 14 heavy (non-hydrogen) atoms. The van der Waals surface area contributed by atoms with Crippen LogP contribution in [0.15, 0.2) is 0 Å². The molecule has 0 aliphatic heterocycles. The van der Waals surface area contributed by atoms with Crippen LogP contribution in [0.1, 0.15) is 39.5 Å². The molecule has 0 aromatic carbocycles. The van der Waals surface area contributed by atoms with Crippen LogP contribution in [0.5, 0.6) is 0 Å². The maximum atomic E-state index is 10.6. The van der Waals surface area contributed by atoms with E-state index in [9.17, 15) is 4.79 Å². The molecule has 0 radical (unpaired) electrons. The van der Waals surface area contributed by atoms with Crippen LogP contribution >= 0.6 is 0 Å². The molecule has 1 aliphatic carbocycles. The fourth-order valence-corrected chi connectivity index (χ4v) is 1.87.